The second kappa shape index (κ2) is 7.89. The lowest BCUT2D eigenvalue weighted by molar-refractivity contribution is 0.0987. The van der Waals surface area contributed by atoms with Gasteiger partial charge in [-0.15, -0.1) is 0 Å². The highest BCUT2D eigenvalue weighted by molar-refractivity contribution is 7.22. The largest absolute Gasteiger partial charge is 0.280 e. The molecule has 3 aromatic carbocycles. The lowest BCUT2D eigenvalue weighted by atomic mass is 10.2. The van der Waals surface area contributed by atoms with Gasteiger partial charge in [-0.05, 0) is 48.9 Å². The third kappa shape index (κ3) is 4.20. The van der Waals surface area contributed by atoms with Gasteiger partial charge < -0.3 is 0 Å². The number of rotatable bonds is 4. The van der Waals surface area contributed by atoms with Crippen molar-refractivity contribution in [3.05, 3.63) is 95.1 Å². The van der Waals surface area contributed by atoms with Crippen molar-refractivity contribution in [2.75, 3.05) is 5.01 Å². The first-order valence-corrected chi connectivity index (χ1v) is 9.58. The number of anilines is 1. The number of halogens is 2. The van der Waals surface area contributed by atoms with Crippen LogP contribution in [0.25, 0.3) is 10.2 Å². The van der Waals surface area contributed by atoms with Gasteiger partial charge in [-0.1, -0.05) is 47.2 Å². The van der Waals surface area contributed by atoms with Crippen LogP contribution in [0.4, 0.5) is 13.9 Å². The Morgan fingerprint density at radius 3 is 2.55 bits per heavy atom. The highest BCUT2D eigenvalue weighted by atomic mass is 32.1. The summed E-state index contributed by atoms with van der Waals surface area (Å²) >= 11 is 1.13. The van der Waals surface area contributed by atoms with E-state index in [1.165, 1.54) is 36.5 Å². The summed E-state index contributed by atoms with van der Waals surface area (Å²) in [7, 11) is 0. The van der Waals surface area contributed by atoms with Crippen molar-refractivity contribution in [3.63, 3.8) is 0 Å². The van der Waals surface area contributed by atoms with Gasteiger partial charge in [0.15, 0.2) is 0 Å². The summed E-state index contributed by atoms with van der Waals surface area (Å²) in [5.41, 5.74) is 2.58. The number of carbonyl (C=O) groups is 1. The lowest BCUT2D eigenvalue weighted by Crippen LogP contribution is -2.25. The molecule has 1 amide bonds. The Labute approximate surface area is 169 Å². The van der Waals surface area contributed by atoms with Crippen LogP contribution >= 0.6 is 11.3 Å². The van der Waals surface area contributed by atoms with E-state index in [0.717, 1.165) is 33.5 Å². The molecule has 0 spiro atoms. The van der Waals surface area contributed by atoms with E-state index in [1.807, 2.05) is 31.2 Å². The Bertz CT molecular complexity index is 1220. The van der Waals surface area contributed by atoms with Crippen LogP contribution in [-0.2, 0) is 0 Å². The summed E-state index contributed by atoms with van der Waals surface area (Å²) in [5, 5.41) is 5.68. The highest BCUT2D eigenvalue weighted by Crippen LogP contribution is 2.30. The predicted molar refractivity (Wildman–Crippen MR) is 112 cm³/mol. The van der Waals surface area contributed by atoms with Gasteiger partial charge in [0, 0.05) is 5.56 Å². The van der Waals surface area contributed by atoms with Crippen molar-refractivity contribution in [2.24, 2.45) is 5.10 Å². The molecule has 0 N–H and O–H groups in total. The van der Waals surface area contributed by atoms with Crippen LogP contribution in [0.5, 0.6) is 0 Å². The van der Waals surface area contributed by atoms with E-state index in [4.69, 9.17) is 0 Å². The van der Waals surface area contributed by atoms with Gasteiger partial charge in [0.05, 0.1) is 16.4 Å². The Hall–Kier alpha value is -3.45. The molecule has 144 valence electrons. The van der Waals surface area contributed by atoms with E-state index in [0.29, 0.717) is 10.2 Å². The van der Waals surface area contributed by atoms with Gasteiger partial charge in [-0.25, -0.2) is 13.8 Å². The predicted octanol–water partition coefficient (Wildman–Crippen LogP) is 5.56. The molecule has 0 radical (unpaired) electrons. The second-order valence-corrected chi connectivity index (χ2v) is 7.40. The highest BCUT2D eigenvalue weighted by Gasteiger charge is 2.21. The molecule has 29 heavy (non-hydrogen) atoms. The molecule has 0 saturated heterocycles. The molecule has 1 heterocycles. The minimum atomic E-state index is -0.535. The van der Waals surface area contributed by atoms with Crippen LogP contribution in [0.2, 0.25) is 0 Å². The van der Waals surface area contributed by atoms with E-state index in [2.05, 4.69) is 10.1 Å². The molecule has 1 aromatic heterocycles. The first-order chi connectivity index (χ1) is 14.0. The normalized spacial score (nSPS) is 11.3. The van der Waals surface area contributed by atoms with Gasteiger partial charge in [-0.3, -0.25) is 4.79 Å². The van der Waals surface area contributed by atoms with Crippen molar-refractivity contribution in [2.45, 2.75) is 6.92 Å². The molecular formula is C22H15F2N3OS. The number of carbonyl (C=O) groups excluding carboxylic acids is 1. The van der Waals surface area contributed by atoms with E-state index in [-0.39, 0.29) is 16.5 Å². The van der Waals surface area contributed by atoms with Crippen molar-refractivity contribution < 1.29 is 13.6 Å². The maximum Gasteiger partial charge on any atom is 0.280 e. The van der Waals surface area contributed by atoms with Crippen molar-refractivity contribution in [3.8, 4) is 0 Å². The fraction of sp³-hybridized carbons (Fsp3) is 0.0455. The first-order valence-electron chi connectivity index (χ1n) is 8.76. The van der Waals surface area contributed by atoms with Gasteiger partial charge in [0.25, 0.3) is 5.91 Å². The number of hydrazone groups is 1. The molecular weight excluding hydrogens is 392 g/mol. The summed E-state index contributed by atoms with van der Waals surface area (Å²) in [5.74, 6) is -1.45. The van der Waals surface area contributed by atoms with Crippen LogP contribution in [-0.4, -0.2) is 17.1 Å². The van der Waals surface area contributed by atoms with Crippen molar-refractivity contribution in [1.29, 1.82) is 0 Å². The number of hydrogen-bond acceptors (Lipinski definition) is 4. The van der Waals surface area contributed by atoms with Gasteiger partial charge in [-0.2, -0.15) is 10.1 Å². The fourth-order valence-corrected chi connectivity index (χ4v) is 3.63. The molecule has 0 saturated carbocycles. The molecule has 0 fully saturated rings. The SMILES string of the molecule is Cc1ccc(/C=N/N(C(=O)c2cccc(F)c2)c2nc3ccc(F)cc3s2)cc1. The van der Waals surface area contributed by atoms with Gasteiger partial charge >= 0.3 is 0 Å². The molecule has 4 nitrogen and oxygen atoms in total. The molecule has 0 bridgehead atoms. The van der Waals surface area contributed by atoms with Crippen LogP contribution in [0.15, 0.2) is 71.8 Å². The van der Waals surface area contributed by atoms with E-state index < -0.39 is 11.7 Å². The average molecular weight is 407 g/mol. The molecule has 7 heteroatoms. The zero-order valence-electron chi connectivity index (χ0n) is 15.3. The Morgan fingerprint density at radius 2 is 1.79 bits per heavy atom. The maximum atomic E-state index is 13.6. The molecule has 0 atom stereocenters. The van der Waals surface area contributed by atoms with E-state index in [9.17, 15) is 13.6 Å². The van der Waals surface area contributed by atoms with Crippen molar-refractivity contribution in [1.82, 2.24) is 4.98 Å². The molecule has 4 aromatic rings. The topological polar surface area (TPSA) is 45.6 Å². The zero-order valence-corrected chi connectivity index (χ0v) is 16.2. The average Bonchev–Trinajstić information content (AvgIpc) is 3.12. The number of nitrogens with zero attached hydrogens (tertiary/aromatic N) is 3. The van der Waals surface area contributed by atoms with Crippen LogP contribution in [0.3, 0.4) is 0 Å². The molecule has 0 aliphatic rings. The smallest absolute Gasteiger partial charge is 0.267 e. The number of aryl methyl sites for hydroxylation is 1. The second-order valence-electron chi connectivity index (χ2n) is 6.39. The Balaban J connectivity index is 1.76. The standard InChI is InChI=1S/C22H15F2N3OS/c1-14-5-7-15(8-6-14)13-25-27(21(28)16-3-2-4-17(23)11-16)22-26-19-10-9-18(24)12-20(19)29-22/h2-13H,1H3/b25-13+. The molecule has 0 unspecified atom stereocenters. The van der Waals surface area contributed by atoms with Gasteiger partial charge in [0.2, 0.25) is 5.13 Å². The lowest BCUT2D eigenvalue weighted by Gasteiger charge is -2.14. The number of amides is 1. The minimum absolute atomic E-state index is 0.136. The van der Waals surface area contributed by atoms with E-state index >= 15 is 0 Å². The van der Waals surface area contributed by atoms with E-state index in [1.54, 1.807) is 6.07 Å². The summed E-state index contributed by atoms with van der Waals surface area (Å²) in [4.78, 5) is 17.5. The van der Waals surface area contributed by atoms with Gasteiger partial charge in [0.1, 0.15) is 11.6 Å². The Kier molecular flexibility index (Phi) is 5.14. The van der Waals surface area contributed by atoms with Crippen LogP contribution in [0, 0.1) is 18.6 Å². The third-order valence-corrected chi connectivity index (χ3v) is 5.18. The monoisotopic (exact) mass is 407 g/mol. The maximum absolute atomic E-state index is 13.6. The summed E-state index contributed by atoms with van der Waals surface area (Å²) in [6.45, 7) is 1.97. The quantitative estimate of drug-likeness (QED) is 0.328. The zero-order chi connectivity index (χ0) is 20.4. The summed E-state index contributed by atoms with van der Waals surface area (Å²) in [6, 6.07) is 17.2. The molecule has 0 aliphatic heterocycles. The number of aromatic nitrogens is 1. The number of thiazole rings is 1. The number of fused-ring (bicyclic) bond motifs is 1. The Morgan fingerprint density at radius 1 is 1.03 bits per heavy atom. The first kappa shape index (κ1) is 18.9. The number of hydrogen-bond donors (Lipinski definition) is 0. The minimum Gasteiger partial charge on any atom is -0.267 e. The van der Waals surface area contributed by atoms with Crippen LogP contribution in [0.1, 0.15) is 21.5 Å². The van der Waals surface area contributed by atoms with Crippen molar-refractivity contribution >= 4 is 38.8 Å². The fourth-order valence-electron chi connectivity index (χ4n) is 2.69. The summed E-state index contributed by atoms with van der Waals surface area (Å²) in [6.07, 6.45) is 1.53. The third-order valence-electron chi connectivity index (χ3n) is 4.18. The summed E-state index contributed by atoms with van der Waals surface area (Å²) < 4.78 is 27.8. The van der Waals surface area contributed by atoms with Crippen LogP contribution < -0.4 is 5.01 Å². The molecule has 4 rings (SSSR count). The molecule has 0 aliphatic carbocycles. The number of benzene rings is 3.